The minimum atomic E-state index is -0.934. The second-order valence-corrected chi connectivity index (χ2v) is 5.00. The summed E-state index contributed by atoms with van der Waals surface area (Å²) in [5.41, 5.74) is 0.485. The molecule has 0 radical (unpaired) electrons. The molecule has 1 heterocycles. The van der Waals surface area contributed by atoms with E-state index in [2.05, 4.69) is 31.5 Å². The van der Waals surface area contributed by atoms with Gasteiger partial charge in [-0.3, -0.25) is 4.79 Å². The van der Waals surface area contributed by atoms with Gasteiger partial charge in [-0.05, 0) is 44.9 Å². The largest absolute Gasteiger partial charge is 0.481 e. The molecule has 6 nitrogen and oxygen atoms in total. The monoisotopic (exact) mass is 342 g/mol. The summed E-state index contributed by atoms with van der Waals surface area (Å²) in [5.74, 6) is -1.02. The van der Waals surface area contributed by atoms with Crippen LogP contribution in [0.25, 0.3) is 11.4 Å². The molecule has 0 aliphatic heterocycles. The first-order valence-corrected chi connectivity index (χ1v) is 6.78. The molecule has 0 aliphatic carbocycles. The summed E-state index contributed by atoms with van der Waals surface area (Å²) in [4.78, 5) is 10.9. The van der Waals surface area contributed by atoms with E-state index in [0.29, 0.717) is 17.8 Å². The molecule has 1 N–H and O–H groups in total. The minimum absolute atomic E-state index is 0.0958. The Morgan fingerprint density at radius 2 is 2.30 bits per heavy atom. The van der Waals surface area contributed by atoms with Gasteiger partial charge in [-0.1, -0.05) is 13.0 Å². The molecule has 106 valence electrons. The maximum atomic E-state index is 13.6. The topological polar surface area (TPSA) is 80.9 Å². The van der Waals surface area contributed by atoms with Crippen LogP contribution in [0.5, 0.6) is 0 Å². The average Bonchev–Trinajstić information content (AvgIpc) is 2.88. The highest BCUT2D eigenvalue weighted by Gasteiger charge is 2.21. The molecule has 1 atom stereocenters. The van der Waals surface area contributed by atoms with Crippen molar-refractivity contribution in [3.05, 3.63) is 28.5 Å². The van der Waals surface area contributed by atoms with E-state index >= 15 is 0 Å². The Hall–Kier alpha value is -1.83. The van der Waals surface area contributed by atoms with E-state index in [4.69, 9.17) is 5.11 Å². The van der Waals surface area contributed by atoms with E-state index in [1.165, 1.54) is 10.7 Å². The van der Waals surface area contributed by atoms with Crippen molar-refractivity contribution < 1.29 is 14.3 Å². The standard InChI is InChI=1S/C12H12BrFN4O2/c1-2-7(6-10(19)20)18-12(15-16-17-18)8-4-3-5-9(14)11(8)13/h3-5,7H,2,6H2,1H3,(H,19,20). The first kappa shape index (κ1) is 14.6. The van der Waals surface area contributed by atoms with E-state index in [-0.39, 0.29) is 16.9 Å². The number of carboxylic acids is 1. The van der Waals surface area contributed by atoms with Gasteiger partial charge < -0.3 is 5.11 Å². The van der Waals surface area contributed by atoms with Crippen LogP contribution in [0.4, 0.5) is 4.39 Å². The van der Waals surface area contributed by atoms with Crippen molar-refractivity contribution in [3.8, 4) is 11.4 Å². The van der Waals surface area contributed by atoms with E-state index in [9.17, 15) is 9.18 Å². The number of tetrazole rings is 1. The quantitative estimate of drug-likeness (QED) is 0.903. The second-order valence-electron chi connectivity index (χ2n) is 4.21. The van der Waals surface area contributed by atoms with Crippen LogP contribution in [0, 0.1) is 5.82 Å². The molecule has 1 aromatic carbocycles. The summed E-state index contributed by atoms with van der Waals surface area (Å²) >= 11 is 3.16. The fourth-order valence-electron chi connectivity index (χ4n) is 1.90. The number of carbonyl (C=O) groups is 1. The molecule has 1 unspecified atom stereocenters. The summed E-state index contributed by atoms with van der Waals surface area (Å²) in [7, 11) is 0. The zero-order valence-electron chi connectivity index (χ0n) is 10.6. The molecule has 0 saturated carbocycles. The van der Waals surface area contributed by atoms with Crippen molar-refractivity contribution in [1.82, 2.24) is 20.2 Å². The smallest absolute Gasteiger partial charge is 0.305 e. The van der Waals surface area contributed by atoms with Gasteiger partial charge in [-0.2, -0.15) is 0 Å². The highest BCUT2D eigenvalue weighted by atomic mass is 79.9. The van der Waals surface area contributed by atoms with Crippen molar-refractivity contribution in [2.75, 3.05) is 0 Å². The molecule has 0 saturated heterocycles. The molecule has 0 spiro atoms. The van der Waals surface area contributed by atoms with Crippen molar-refractivity contribution in [3.63, 3.8) is 0 Å². The van der Waals surface area contributed by atoms with E-state index in [1.54, 1.807) is 12.1 Å². The predicted octanol–water partition coefficient (Wildman–Crippen LogP) is 2.67. The predicted molar refractivity (Wildman–Crippen MR) is 72.5 cm³/mol. The molecule has 2 rings (SSSR count). The Labute approximate surface area is 122 Å². The maximum Gasteiger partial charge on any atom is 0.305 e. The van der Waals surface area contributed by atoms with Gasteiger partial charge >= 0.3 is 5.97 Å². The molecule has 0 amide bonds. The molecule has 0 bridgehead atoms. The molecular formula is C12H12BrFN4O2. The molecule has 0 aliphatic rings. The number of benzene rings is 1. The van der Waals surface area contributed by atoms with Crippen LogP contribution in [-0.2, 0) is 4.79 Å². The summed E-state index contributed by atoms with van der Waals surface area (Å²) in [5, 5.41) is 20.2. The number of carboxylic acid groups (broad SMARTS) is 1. The molecular weight excluding hydrogens is 331 g/mol. The van der Waals surface area contributed by atoms with Crippen LogP contribution >= 0.6 is 15.9 Å². The van der Waals surface area contributed by atoms with E-state index in [0.717, 1.165) is 0 Å². The molecule has 8 heteroatoms. The van der Waals surface area contributed by atoms with Crippen LogP contribution in [0.2, 0.25) is 0 Å². The minimum Gasteiger partial charge on any atom is -0.481 e. The zero-order chi connectivity index (χ0) is 14.7. The van der Waals surface area contributed by atoms with E-state index in [1.807, 2.05) is 6.92 Å². The third kappa shape index (κ3) is 2.84. The Morgan fingerprint density at radius 3 is 2.95 bits per heavy atom. The fraction of sp³-hybridized carbons (Fsp3) is 0.333. The molecule has 2 aromatic rings. The highest BCUT2D eigenvalue weighted by molar-refractivity contribution is 9.10. The van der Waals surface area contributed by atoms with Gasteiger partial charge in [0.05, 0.1) is 16.9 Å². The Bertz CT molecular complexity index is 632. The zero-order valence-corrected chi connectivity index (χ0v) is 12.2. The van der Waals surface area contributed by atoms with E-state index < -0.39 is 11.8 Å². The summed E-state index contributed by atoms with van der Waals surface area (Å²) in [6, 6.07) is 4.15. The number of halogens is 2. The SMILES string of the molecule is CCC(CC(=O)O)n1nnnc1-c1cccc(F)c1Br. The third-order valence-electron chi connectivity index (χ3n) is 2.91. The van der Waals surface area contributed by atoms with Gasteiger partial charge in [0, 0.05) is 5.56 Å². The van der Waals surface area contributed by atoms with Gasteiger partial charge in [0.15, 0.2) is 5.82 Å². The number of nitrogens with zero attached hydrogens (tertiary/aromatic N) is 4. The molecule has 20 heavy (non-hydrogen) atoms. The highest BCUT2D eigenvalue weighted by Crippen LogP contribution is 2.30. The normalized spacial score (nSPS) is 12.3. The summed E-state index contributed by atoms with van der Waals surface area (Å²) < 4.78 is 15.3. The van der Waals surface area contributed by atoms with Crippen LogP contribution in [0.3, 0.4) is 0 Å². The van der Waals surface area contributed by atoms with Crippen LogP contribution in [0.15, 0.2) is 22.7 Å². The summed E-state index contributed by atoms with van der Waals surface area (Å²) in [6.07, 6.45) is 0.457. The second kappa shape index (κ2) is 6.08. The van der Waals surface area contributed by atoms with Crippen LogP contribution in [-0.4, -0.2) is 31.3 Å². The summed E-state index contributed by atoms with van der Waals surface area (Å²) in [6.45, 7) is 1.85. The lowest BCUT2D eigenvalue weighted by molar-refractivity contribution is -0.138. The average molecular weight is 343 g/mol. The lowest BCUT2D eigenvalue weighted by Gasteiger charge is -2.14. The van der Waals surface area contributed by atoms with Crippen molar-refractivity contribution in [1.29, 1.82) is 0 Å². The number of aromatic nitrogens is 4. The first-order chi connectivity index (χ1) is 9.54. The fourth-order valence-corrected chi connectivity index (χ4v) is 2.34. The maximum absolute atomic E-state index is 13.6. The Kier molecular flexibility index (Phi) is 4.43. The number of aliphatic carboxylic acids is 1. The number of rotatable bonds is 5. The molecule has 0 fully saturated rings. The lowest BCUT2D eigenvalue weighted by Crippen LogP contribution is -2.15. The van der Waals surface area contributed by atoms with Gasteiger partial charge in [0.1, 0.15) is 5.82 Å². The van der Waals surface area contributed by atoms with Gasteiger partial charge in [-0.15, -0.1) is 5.10 Å². The van der Waals surface area contributed by atoms with Gasteiger partial charge in [-0.25, -0.2) is 9.07 Å². The third-order valence-corrected chi connectivity index (χ3v) is 3.72. The van der Waals surface area contributed by atoms with Crippen LogP contribution in [0.1, 0.15) is 25.8 Å². The number of hydrogen-bond donors (Lipinski definition) is 1. The Morgan fingerprint density at radius 1 is 1.55 bits per heavy atom. The van der Waals surface area contributed by atoms with Crippen LogP contribution < -0.4 is 0 Å². The molecule has 1 aromatic heterocycles. The van der Waals surface area contributed by atoms with Gasteiger partial charge in [0.2, 0.25) is 0 Å². The Balaban J connectivity index is 2.47. The lowest BCUT2D eigenvalue weighted by atomic mass is 10.1. The van der Waals surface area contributed by atoms with Crippen molar-refractivity contribution in [2.45, 2.75) is 25.8 Å². The first-order valence-electron chi connectivity index (χ1n) is 5.98. The van der Waals surface area contributed by atoms with Gasteiger partial charge in [0.25, 0.3) is 0 Å². The van der Waals surface area contributed by atoms with Crippen molar-refractivity contribution >= 4 is 21.9 Å². The number of hydrogen-bond acceptors (Lipinski definition) is 4. The van der Waals surface area contributed by atoms with Crippen molar-refractivity contribution in [2.24, 2.45) is 0 Å².